The quantitative estimate of drug-likeness (QED) is 0.418. The molecule has 29 heavy (non-hydrogen) atoms. The fourth-order valence-electron chi connectivity index (χ4n) is 4.23. The Bertz CT molecular complexity index is 634. The van der Waals surface area contributed by atoms with Gasteiger partial charge in [0.05, 0.1) is 5.69 Å². The zero-order valence-corrected chi connectivity index (χ0v) is 18.3. The standard InChI is InChI=1S/C23H39N5O/c1-3-24-23(25-12-6-7-13-26-14-10-20(2)11-15-26)28-18-16-27(17-19-28)21-8-4-5-9-22(21)29/h4-5,8-9,20,29H,3,6-7,10-19H2,1-2H3,(H,24,25). The lowest BCUT2D eigenvalue weighted by atomic mass is 9.99. The van der Waals surface area contributed by atoms with Gasteiger partial charge in [0.25, 0.3) is 0 Å². The third-order valence-electron chi connectivity index (χ3n) is 6.16. The molecule has 0 unspecified atom stereocenters. The van der Waals surface area contributed by atoms with E-state index in [1.807, 2.05) is 18.2 Å². The van der Waals surface area contributed by atoms with Crippen LogP contribution in [0.15, 0.2) is 29.3 Å². The van der Waals surface area contributed by atoms with Crippen LogP contribution < -0.4 is 10.2 Å². The van der Waals surface area contributed by atoms with Crippen molar-refractivity contribution in [1.82, 2.24) is 15.1 Å². The number of phenols is 1. The number of hydrogen-bond donors (Lipinski definition) is 2. The first kappa shape index (κ1) is 21.8. The van der Waals surface area contributed by atoms with Crippen molar-refractivity contribution in [3.8, 4) is 5.75 Å². The molecule has 2 saturated heterocycles. The van der Waals surface area contributed by atoms with E-state index in [9.17, 15) is 5.11 Å². The van der Waals surface area contributed by atoms with Crippen LogP contribution in [-0.2, 0) is 0 Å². The molecule has 0 amide bonds. The maximum Gasteiger partial charge on any atom is 0.194 e. The zero-order valence-electron chi connectivity index (χ0n) is 18.3. The van der Waals surface area contributed by atoms with Crippen molar-refractivity contribution >= 4 is 11.6 Å². The number of hydrogen-bond acceptors (Lipinski definition) is 4. The van der Waals surface area contributed by atoms with E-state index in [1.165, 1.54) is 38.9 Å². The van der Waals surface area contributed by atoms with Crippen LogP contribution in [0.1, 0.15) is 39.5 Å². The van der Waals surface area contributed by atoms with Crippen molar-refractivity contribution in [2.75, 3.05) is 63.8 Å². The summed E-state index contributed by atoms with van der Waals surface area (Å²) in [6.07, 6.45) is 5.10. The maximum absolute atomic E-state index is 10.1. The van der Waals surface area contributed by atoms with Gasteiger partial charge in [-0.05, 0) is 70.3 Å². The summed E-state index contributed by atoms with van der Waals surface area (Å²) in [6.45, 7) is 13.7. The third-order valence-corrected chi connectivity index (χ3v) is 6.16. The number of phenolic OH excluding ortho intramolecular Hbond substituents is 1. The van der Waals surface area contributed by atoms with Crippen LogP contribution in [0, 0.1) is 5.92 Å². The number of piperazine rings is 1. The number of unbranched alkanes of at least 4 members (excludes halogenated alkanes) is 1. The van der Waals surface area contributed by atoms with Crippen LogP contribution in [0.4, 0.5) is 5.69 Å². The molecular weight excluding hydrogens is 362 g/mol. The topological polar surface area (TPSA) is 54.3 Å². The molecule has 6 nitrogen and oxygen atoms in total. The van der Waals surface area contributed by atoms with E-state index in [0.717, 1.165) is 63.3 Å². The Morgan fingerprint density at radius 3 is 2.48 bits per heavy atom. The van der Waals surface area contributed by atoms with Crippen molar-refractivity contribution in [3.63, 3.8) is 0 Å². The van der Waals surface area contributed by atoms with Gasteiger partial charge in [-0.1, -0.05) is 19.1 Å². The summed E-state index contributed by atoms with van der Waals surface area (Å²) in [5.41, 5.74) is 0.932. The number of piperidine rings is 1. The number of para-hydroxylation sites is 2. The summed E-state index contributed by atoms with van der Waals surface area (Å²) in [4.78, 5) is 12.1. The van der Waals surface area contributed by atoms with E-state index < -0.39 is 0 Å². The van der Waals surface area contributed by atoms with Gasteiger partial charge in [0.15, 0.2) is 5.96 Å². The van der Waals surface area contributed by atoms with Crippen LogP contribution in [0.25, 0.3) is 0 Å². The van der Waals surface area contributed by atoms with E-state index >= 15 is 0 Å². The molecule has 2 N–H and O–H groups in total. The fourth-order valence-corrected chi connectivity index (χ4v) is 4.23. The molecule has 0 bridgehead atoms. The Balaban J connectivity index is 1.41. The highest BCUT2D eigenvalue weighted by molar-refractivity contribution is 5.80. The second-order valence-corrected chi connectivity index (χ2v) is 8.43. The summed E-state index contributed by atoms with van der Waals surface area (Å²) in [5, 5.41) is 13.6. The van der Waals surface area contributed by atoms with Crippen molar-refractivity contribution < 1.29 is 5.11 Å². The van der Waals surface area contributed by atoms with Gasteiger partial charge < -0.3 is 25.1 Å². The highest BCUT2D eigenvalue weighted by atomic mass is 16.3. The highest BCUT2D eigenvalue weighted by Gasteiger charge is 2.21. The number of anilines is 1. The number of benzene rings is 1. The Labute approximate surface area is 176 Å². The third kappa shape index (κ3) is 6.53. The van der Waals surface area contributed by atoms with E-state index in [0.29, 0.717) is 5.75 Å². The van der Waals surface area contributed by atoms with Crippen LogP contribution in [0.5, 0.6) is 5.75 Å². The van der Waals surface area contributed by atoms with Crippen LogP contribution in [0.3, 0.4) is 0 Å². The number of aliphatic imine (C=N–C) groups is 1. The molecule has 0 aromatic heterocycles. The summed E-state index contributed by atoms with van der Waals surface area (Å²) in [6, 6.07) is 7.61. The predicted molar refractivity (Wildman–Crippen MR) is 122 cm³/mol. The van der Waals surface area contributed by atoms with E-state index in [2.05, 4.69) is 33.9 Å². The van der Waals surface area contributed by atoms with Crippen molar-refractivity contribution in [3.05, 3.63) is 24.3 Å². The molecule has 2 aliphatic heterocycles. The largest absolute Gasteiger partial charge is 0.506 e. The molecule has 1 aromatic carbocycles. The van der Waals surface area contributed by atoms with Crippen LogP contribution in [0.2, 0.25) is 0 Å². The smallest absolute Gasteiger partial charge is 0.194 e. The van der Waals surface area contributed by atoms with Gasteiger partial charge in [0.1, 0.15) is 5.75 Å². The Morgan fingerprint density at radius 2 is 1.79 bits per heavy atom. The summed E-state index contributed by atoms with van der Waals surface area (Å²) in [7, 11) is 0. The summed E-state index contributed by atoms with van der Waals surface area (Å²) < 4.78 is 0. The van der Waals surface area contributed by atoms with Crippen molar-refractivity contribution in [2.24, 2.45) is 10.9 Å². The molecular formula is C23H39N5O. The number of nitrogens with zero attached hydrogens (tertiary/aromatic N) is 4. The molecule has 0 radical (unpaired) electrons. The number of likely N-dealkylation sites (tertiary alicyclic amines) is 1. The van der Waals surface area contributed by atoms with Gasteiger partial charge in [0.2, 0.25) is 0 Å². The van der Waals surface area contributed by atoms with Gasteiger partial charge in [0, 0.05) is 39.3 Å². The second-order valence-electron chi connectivity index (χ2n) is 8.43. The predicted octanol–water partition coefficient (Wildman–Crippen LogP) is 2.99. The molecule has 2 heterocycles. The Kier molecular flexibility index (Phi) is 8.47. The highest BCUT2D eigenvalue weighted by Crippen LogP contribution is 2.27. The molecule has 162 valence electrons. The molecule has 0 spiro atoms. The monoisotopic (exact) mass is 401 g/mol. The van der Waals surface area contributed by atoms with Crippen molar-refractivity contribution in [2.45, 2.75) is 39.5 Å². The average Bonchev–Trinajstić information content (AvgIpc) is 2.75. The van der Waals surface area contributed by atoms with Gasteiger partial charge in [-0.15, -0.1) is 0 Å². The minimum absolute atomic E-state index is 0.365. The molecule has 0 saturated carbocycles. The molecule has 3 rings (SSSR count). The molecule has 6 heteroatoms. The first-order valence-electron chi connectivity index (χ1n) is 11.5. The zero-order chi connectivity index (χ0) is 20.5. The molecule has 2 aliphatic rings. The first-order valence-corrected chi connectivity index (χ1v) is 11.5. The lowest BCUT2D eigenvalue weighted by molar-refractivity contribution is 0.190. The maximum atomic E-state index is 10.1. The van der Waals surface area contributed by atoms with Crippen molar-refractivity contribution in [1.29, 1.82) is 0 Å². The Morgan fingerprint density at radius 1 is 1.07 bits per heavy atom. The SMILES string of the molecule is CCNC(=NCCCCN1CCC(C)CC1)N1CCN(c2ccccc2O)CC1. The van der Waals surface area contributed by atoms with E-state index in [1.54, 1.807) is 6.07 Å². The fraction of sp³-hybridized carbons (Fsp3) is 0.696. The van der Waals surface area contributed by atoms with Crippen LogP contribution >= 0.6 is 0 Å². The molecule has 0 aliphatic carbocycles. The molecule has 0 atom stereocenters. The number of guanidine groups is 1. The summed E-state index contributed by atoms with van der Waals surface area (Å²) in [5.74, 6) is 2.31. The lowest BCUT2D eigenvalue weighted by Crippen LogP contribution is -2.52. The molecule has 1 aromatic rings. The van der Waals surface area contributed by atoms with Gasteiger partial charge in [-0.3, -0.25) is 4.99 Å². The minimum Gasteiger partial charge on any atom is -0.506 e. The minimum atomic E-state index is 0.365. The second kappa shape index (κ2) is 11.3. The van der Waals surface area contributed by atoms with E-state index in [4.69, 9.17) is 4.99 Å². The van der Waals surface area contributed by atoms with Gasteiger partial charge >= 0.3 is 0 Å². The molecule has 2 fully saturated rings. The average molecular weight is 402 g/mol. The van der Waals surface area contributed by atoms with E-state index in [-0.39, 0.29) is 0 Å². The lowest BCUT2D eigenvalue weighted by Gasteiger charge is -2.37. The van der Waals surface area contributed by atoms with Gasteiger partial charge in [-0.2, -0.15) is 0 Å². The van der Waals surface area contributed by atoms with Crippen LogP contribution in [-0.4, -0.2) is 79.8 Å². The number of rotatable bonds is 7. The summed E-state index contributed by atoms with van der Waals surface area (Å²) >= 11 is 0. The normalized spacial score (nSPS) is 19.6. The Hall–Kier alpha value is -1.95. The number of aromatic hydroxyl groups is 1. The first-order chi connectivity index (χ1) is 14.2. The van der Waals surface area contributed by atoms with Gasteiger partial charge in [-0.25, -0.2) is 0 Å². The number of nitrogens with one attached hydrogen (secondary N) is 1.